The first-order chi connectivity index (χ1) is 15.2. The van der Waals surface area contributed by atoms with Crippen LogP contribution in [0.3, 0.4) is 0 Å². The van der Waals surface area contributed by atoms with Crippen molar-refractivity contribution in [3.63, 3.8) is 0 Å². The SMILES string of the molecule is CCN(CC)S(=O)(=O)c1ccc(C(=O)N=c2sc3c(C)cc(C)cc3n2CCSC)cc1. The number of fused-ring (bicyclic) bond motifs is 1. The van der Waals surface area contributed by atoms with E-state index in [9.17, 15) is 13.2 Å². The van der Waals surface area contributed by atoms with Crippen molar-refractivity contribution in [2.24, 2.45) is 4.99 Å². The van der Waals surface area contributed by atoms with Gasteiger partial charge in [-0.25, -0.2) is 8.42 Å². The van der Waals surface area contributed by atoms with E-state index in [2.05, 4.69) is 41.8 Å². The van der Waals surface area contributed by atoms with Crippen LogP contribution in [0, 0.1) is 13.8 Å². The lowest BCUT2D eigenvalue weighted by Gasteiger charge is -2.18. The number of aromatic nitrogens is 1. The molecule has 0 aliphatic rings. The summed E-state index contributed by atoms with van der Waals surface area (Å²) in [6, 6.07) is 10.3. The van der Waals surface area contributed by atoms with E-state index in [1.807, 2.05) is 0 Å². The first kappa shape index (κ1) is 24.7. The van der Waals surface area contributed by atoms with Crippen molar-refractivity contribution in [3.05, 3.63) is 57.9 Å². The highest BCUT2D eigenvalue weighted by Crippen LogP contribution is 2.24. The van der Waals surface area contributed by atoms with Crippen LogP contribution in [0.4, 0.5) is 0 Å². The summed E-state index contributed by atoms with van der Waals surface area (Å²) in [5.41, 5.74) is 3.80. The van der Waals surface area contributed by atoms with Crippen LogP contribution in [0.2, 0.25) is 0 Å². The van der Waals surface area contributed by atoms with Gasteiger partial charge in [0.25, 0.3) is 5.91 Å². The molecule has 2 aromatic carbocycles. The van der Waals surface area contributed by atoms with Crippen molar-refractivity contribution >= 4 is 49.2 Å². The van der Waals surface area contributed by atoms with E-state index in [0.717, 1.165) is 22.5 Å². The molecule has 0 unspecified atom stereocenters. The maximum absolute atomic E-state index is 12.9. The largest absolute Gasteiger partial charge is 0.315 e. The van der Waals surface area contributed by atoms with E-state index in [4.69, 9.17) is 0 Å². The van der Waals surface area contributed by atoms with E-state index < -0.39 is 10.0 Å². The Morgan fingerprint density at radius 2 is 1.78 bits per heavy atom. The lowest BCUT2D eigenvalue weighted by Crippen LogP contribution is -2.30. The van der Waals surface area contributed by atoms with E-state index in [1.54, 1.807) is 25.6 Å². The number of hydrogen-bond donors (Lipinski definition) is 0. The quantitative estimate of drug-likeness (QED) is 0.467. The maximum atomic E-state index is 12.9. The number of benzene rings is 2. The van der Waals surface area contributed by atoms with Crippen molar-refractivity contribution in [1.82, 2.24) is 8.87 Å². The summed E-state index contributed by atoms with van der Waals surface area (Å²) >= 11 is 3.26. The highest BCUT2D eigenvalue weighted by atomic mass is 32.2. The molecular formula is C23H29N3O3S3. The molecule has 1 heterocycles. The molecule has 0 saturated carbocycles. The number of sulfonamides is 1. The third-order valence-electron chi connectivity index (χ3n) is 5.28. The molecule has 3 aromatic rings. The first-order valence-corrected chi connectivity index (χ1v) is 14.2. The molecule has 0 N–H and O–H groups in total. The molecule has 3 rings (SSSR count). The van der Waals surface area contributed by atoms with Gasteiger partial charge in [0.15, 0.2) is 4.80 Å². The predicted octanol–water partition coefficient (Wildman–Crippen LogP) is 4.45. The van der Waals surface area contributed by atoms with Gasteiger partial charge in [0.05, 0.1) is 15.1 Å². The molecule has 0 atom stereocenters. The Labute approximate surface area is 198 Å². The molecule has 32 heavy (non-hydrogen) atoms. The average Bonchev–Trinajstić information content (AvgIpc) is 3.10. The molecule has 1 amide bonds. The number of rotatable bonds is 8. The molecule has 1 aromatic heterocycles. The third-order valence-corrected chi connectivity index (χ3v) is 9.16. The second kappa shape index (κ2) is 10.3. The van der Waals surface area contributed by atoms with E-state index in [-0.39, 0.29) is 10.8 Å². The highest BCUT2D eigenvalue weighted by Gasteiger charge is 2.21. The lowest BCUT2D eigenvalue weighted by molar-refractivity contribution is 0.0997. The van der Waals surface area contributed by atoms with Gasteiger partial charge in [-0.05, 0) is 61.6 Å². The summed E-state index contributed by atoms with van der Waals surface area (Å²) in [7, 11) is -3.56. The van der Waals surface area contributed by atoms with Crippen LogP contribution in [0.5, 0.6) is 0 Å². The van der Waals surface area contributed by atoms with Crippen molar-refractivity contribution in [2.75, 3.05) is 25.1 Å². The fraction of sp³-hybridized carbons (Fsp3) is 0.391. The van der Waals surface area contributed by atoms with Gasteiger partial charge >= 0.3 is 0 Å². The van der Waals surface area contributed by atoms with Crippen LogP contribution >= 0.6 is 23.1 Å². The highest BCUT2D eigenvalue weighted by molar-refractivity contribution is 7.98. The summed E-state index contributed by atoms with van der Waals surface area (Å²) in [5, 5.41) is 0. The zero-order valence-corrected chi connectivity index (χ0v) is 21.5. The average molecular weight is 492 g/mol. The second-order valence-corrected chi connectivity index (χ2v) is 11.4. The van der Waals surface area contributed by atoms with Gasteiger partial charge in [0.2, 0.25) is 10.0 Å². The van der Waals surface area contributed by atoms with Gasteiger partial charge in [-0.1, -0.05) is 31.3 Å². The van der Waals surface area contributed by atoms with E-state index >= 15 is 0 Å². The van der Waals surface area contributed by atoms with Crippen LogP contribution < -0.4 is 4.80 Å². The number of nitrogens with zero attached hydrogens (tertiary/aromatic N) is 3. The second-order valence-electron chi connectivity index (χ2n) is 7.49. The Balaban J connectivity index is 2.02. The van der Waals surface area contributed by atoms with Gasteiger partial charge in [-0.15, -0.1) is 0 Å². The maximum Gasteiger partial charge on any atom is 0.279 e. The number of carbonyl (C=O) groups excluding carboxylic acids is 1. The van der Waals surface area contributed by atoms with Crippen molar-refractivity contribution in [2.45, 2.75) is 39.1 Å². The Kier molecular flexibility index (Phi) is 7.97. The molecule has 0 radical (unpaired) electrons. The number of amides is 1. The number of hydrogen-bond acceptors (Lipinski definition) is 5. The van der Waals surface area contributed by atoms with E-state index in [0.29, 0.717) is 23.5 Å². The smallest absolute Gasteiger partial charge is 0.279 e. The van der Waals surface area contributed by atoms with Crippen LogP contribution in [0.15, 0.2) is 46.3 Å². The molecular weight excluding hydrogens is 462 g/mol. The summed E-state index contributed by atoms with van der Waals surface area (Å²) in [5.74, 6) is 0.536. The third kappa shape index (κ3) is 5.01. The van der Waals surface area contributed by atoms with Crippen LogP contribution in [0.1, 0.15) is 35.3 Å². The predicted molar refractivity (Wildman–Crippen MR) is 134 cm³/mol. The van der Waals surface area contributed by atoms with Gasteiger partial charge in [0, 0.05) is 31.0 Å². The van der Waals surface area contributed by atoms with Gasteiger partial charge < -0.3 is 4.57 Å². The number of thioether (sulfide) groups is 1. The van der Waals surface area contributed by atoms with Gasteiger partial charge in [0.1, 0.15) is 0 Å². The number of aryl methyl sites for hydroxylation is 3. The molecule has 0 spiro atoms. The van der Waals surface area contributed by atoms with Crippen molar-refractivity contribution < 1.29 is 13.2 Å². The summed E-state index contributed by atoms with van der Waals surface area (Å²) in [6.45, 7) is 9.31. The zero-order chi connectivity index (χ0) is 23.5. The van der Waals surface area contributed by atoms with Crippen molar-refractivity contribution in [1.29, 1.82) is 0 Å². The standard InChI is InChI=1S/C23H29N3O3S3/c1-6-25(7-2)32(28,29)19-10-8-18(9-11-19)22(27)24-23-26(12-13-30-5)20-15-16(3)14-17(4)21(20)31-23/h8-11,14-15H,6-7,12-13H2,1-5H3. The minimum absolute atomic E-state index is 0.181. The minimum atomic E-state index is -3.56. The zero-order valence-electron chi connectivity index (χ0n) is 19.1. The summed E-state index contributed by atoms with van der Waals surface area (Å²) < 4.78 is 30.0. The molecule has 172 valence electrons. The Morgan fingerprint density at radius 3 is 2.38 bits per heavy atom. The molecule has 0 aliphatic heterocycles. The number of carbonyl (C=O) groups is 1. The van der Waals surface area contributed by atoms with Crippen LogP contribution in [-0.4, -0.2) is 48.3 Å². The normalized spacial score (nSPS) is 12.8. The molecule has 0 fully saturated rings. The Morgan fingerprint density at radius 1 is 1.12 bits per heavy atom. The molecule has 0 saturated heterocycles. The monoisotopic (exact) mass is 491 g/mol. The Bertz CT molecular complexity index is 1290. The topological polar surface area (TPSA) is 71.7 Å². The summed E-state index contributed by atoms with van der Waals surface area (Å²) in [4.78, 5) is 18.2. The first-order valence-electron chi connectivity index (χ1n) is 10.5. The van der Waals surface area contributed by atoms with Crippen LogP contribution in [0.25, 0.3) is 10.2 Å². The van der Waals surface area contributed by atoms with E-state index in [1.165, 1.54) is 51.0 Å². The van der Waals surface area contributed by atoms with Gasteiger partial charge in [-0.3, -0.25) is 4.79 Å². The van der Waals surface area contributed by atoms with Crippen LogP contribution in [-0.2, 0) is 16.6 Å². The number of thiazole rings is 1. The molecule has 0 bridgehead atoms. The fourth-order valence-corrected chi connectivity index (χ4v) is 6.56. The van der Waals surface area contributed by atoms with Crippen molar-refractivity contribution in [3.8, 4) is 0 Å². The Hall–Kier alpha value is -1.94. The lowest BCUT2D eigenvalue weighted by atomic mass is 10.1. The van der Waals surface area contributed by atoms with Gasteiger partial charge in [-0.2, -0.15) is 21.1 Å². The molecule has 9 heteroatoms. The minimum Gasteiger partial charge on any atom is -0.315 e. The fourth-order valence-electron chi connectivity index (χ4n) is 3.63. The summed E-state index contributed by atoms with van der Waals surface area (Å²) in [6.07, 6.45) is 2.06. The molecule has 0 aliphatic carbocycles. The molecule has 6 nitrogen and oxygen atoms in total.